The summed E-state index contributed by atoms with van der Waals surface area (Å²) in [5, 5.41) is 9.35. The Hall–Kier alpha value is -2.85. The summed E-state index contributed by atoms with van der Waals surface area (Å²) < 4.78 is 16.5. The van der Waals surface area contributed by atoms with Crippen LogP contribution in [0.2, 0.25) is 0 Å². The molecule has 0 saturated heterocycles. The van der Waals surface area contributed by atoms with Gasteiger partial charge >= 0.3 is 0 Å². The Balaban J connectivity index is 1.33. The van der Waals surface area contributed by atoms with Crippen LogP contribution >= 0.6 is 23.1 Å². The van der Waals surface area contributed by atoms with Gasteiger partial charge in [-0.1, -0.05) is 32.0 Å². The number of aryl methyl sites for hydroxylation is 1. The van der Waals surface area contributed by atoms with E-state index in [0.717, 1.165) is 39.1 Å². The minimum absolute atomic E-state index is 0.0835. The summed E-state index contributed by atoms with van der Waals surface area (Å²) in [6.45, 7) is 6.65. The van der Waals surface area contributed by atoms with Crippen molar-refractivity contribution in [3.63, 3.8) is 0 Å². The van der Waals surface area contributed by atoms with Gasteiger partial charge in [-0.2, -0.15) is 0 Å². The minimum Gasteiger partial charge on any atom is -0.454 e. The first-order valence-corrected chi connectivity index (χ1v) is 12.2. The molecule has 166 valence electrons. The molecular weight excluding hydrogens is 448 g/mol. The number of ether oxygens (including phenoxy) is 2. The number of aromatic nitrogens is 4. The van der Waals surface area contributed by atoms with Crippen LogP contribution in [0.1, 0.15) is 36.5 Å². The number of fused-ring (bicyclic) bond motifs is 2. The summed E-state index contributed by atoms with van der Waals surface area (Å²) in [5.74, 6) is 3.29. The Kier molecular flexibility index (Phi) is 5.64. The zero-order valence-electron chi connectivity index (χ0n) is 17.9. The van der Waals surface area contributed by atoms with E-state index in [1.807, 2.05) is 18.2 Å². The molecule has 1 aliphatic heterocycles. The lowest BCUT2D eigenvalue weighted by Gasteiger charge is -2.08. The molecule has 1 aromatic carbocycles. The van der Waals surface area contributed by atoms with Gasteiger partial charge in [0.1, 0.15) is 10.7 Å². The molecule has 0 fully saturated rings. The molecule has 1 aliphatic rings. The third-order valence-corrected chi connectivity index (χ3v) is 7.39. The van der Waals surface area contributed by atoms with Crippen LogP contribution in [0.4, 0.5) is 0 Å². The van der Waals surface area contributed by atoms with Crippen LogP contribution in [0.15, 0.2) is 32.6 Å². The van der Waals surface area contributed by atoms with Crippen molar-refractivity contribution >= 4 is 33.3 Å². The molecule has 4 heterocycles. The molecule has 1 N–H and O–H groups in total. The molecule has 0 spiro atoms. The average molecular weight is 471 g/mol. The summed E-state index contributed by atoms with van der Waals surface area (Å²) in [6, 6.07) is 5.48. The molecule has 0 unspecified atom stereocenters. The summed E-state index contributed by atoms with van der Waals surface area (Å²) in [4.78, 5) is 22.4. The normalized spacial score (nSPS) is 13.7. The quantitative estimate of drug-likeness (QED) is 0.378. The molecule has 4 aromatic rings. The maximum Gasteiger partial charge on any atom is 0.277 e. The molecule has 10 heteroatoms. The highest BCUT2D eigenvalue weighted by Crippen LogP contribution is 2.36. The monoisotopic (exact) mass is 470 g/mol. The highest BCUT2D eigenvalue weighted by Gasteiger charge is 2.19. The second-order valence-electron chi connectivity index (χ2n) is 7.78. The lowest BCUT2D eigenvalue weighted by Crippen LogP contribution is -2.12. The smallest absolute Gasteiger partial charge is 0.277 e. The Bertz CT molecular complexity index is 1340. The van der Waals surface area contributed by atoms with E-state index in [1.54, 1.807) is 11.3 Å². The van der Waals surface area contributed by atoms with Crippen LogP contribution < -0.4 is 15.0 Å². The van der Waals surface area contributed by atoms with E-state index in [0.29, 0.717) is 40.1 Å². The zero-order valence-corrected chi connectivity index (χ0v) is 19.6. The molecular formula is C22H22N4O4S2. The number of hydrogen-bond donors (Lipinski definition) is 1. The van der Waals surface area contributed by atoms with Gasteiger partial charge in [0, 0.05) is 10.4 Å². The van der Waals surface area contributed by atoms with Gasteiger partial charge in [0.05, 0.1) is 11.1 Å². The summed E-state index contributed by atoms with van der Waals surface area (Å²) in [5.41, 5.74) is 1.79. The van der Waals surface area contributed by atoms with Gasteiger partial charge in [-0.25, -0.2) is 4.98 Å². The SMILES string of the molecule is CC[C@@H](C)Cc1c(C)sc2nc(CSc3nnc(-c4ccc5c(c4)OCO5)o3)[nH]c(=O)c12. The average Bonchev–Trinajstić information content (AvgIpc) is 3.50. The van der Waals surface area contributed by atoms with Crippen molar-refractivity contribution in [1.29, 1.82) is 0 Å². The van der Waals surface area contributed by atoms with E-state index in [2.05, 4.69) is 36.0 Å². The van der Waals surface area contributed by atoms with Crippen LogP contribution in [0.3, 0.4) is 0 Å². The Labute approximate surface area is 192 Å². The third-order valence-electron chi connectivity index (χ3n) is 5.52. The first-order chi connectivity index (χ1) is 15.5. The summed E-state index contributed by atoms with van der Waals surface area (Å²) >= 11 is 2.91. The first kappa shape index (κ1) is 21.0. The van der Waals surface area contributed by atoms with E-state index in [9.17, 15) is 4.79 Å². The van der Waals surface area contributed by atoms with Gasteiger partial charge < -0.3 is 18.9 Å². The van der Waals surface area contributed by atoms with Crippen molar-refractivity contribution in [1.82, 2.24) is 20.2 Å². The number of H-pyrrole nitrogens is 1. The molecule has 0 saturated carbocycles. The molecule has 0 amide bonds. The van der Waals surface area contributed by atoms with Gasteiger partial charge in [-0.3, -0.25) is 4.79 Å². The van der Waals surface area contributed by atoms with E-state index in [4.69, 9.17) is 18.9 Å². The van der Waals surface area contributed by atoms with Crippen LogP contribution in [0.25, 0.3) is 21.7 Å². The number of thiophene rings is 1. The van der Waals surface area contributed by atoms with Crippen LogP contribution in [-0.4, -0.2) is 27.0 Å². The standard InChI is InChI=1S/C22H22N4O4S2/c1-4-11(2)7-14-12(3)32-21-18(14)19(27)23-17(24-21)9-31-22-26-25-20(30-22)13-5-6-15-16(8-13)29-10-28-15/h5-6,8,11H,4,7,9-10H2,1-3H3,(H,23,24,27)/t11-/m1/s1. The van der Waals surface area contributed by atoms with E-state index in [-0.39, 0.29) is 12.4 Å². The summed E-state index contributed by atoms with van der Waals surface area (Å²) in [6.07, 6.45) is 1.97. The Morgan fingerprint density at radius 3 is 2.94 bits per heavy atom. The van der Waals surface area contributed by atoms with Crippen molar-refractivity contribution in [3.05, 3.63) is 44.8 Å². The van der Waals surface area contributed by atoms with Gasteiger partial charge in [-0.15, -0.1) is 21.5 Å². The number of thioether (sulfide) groups is 1. The van der Waals surface area contributed by atoms with E-state index in [1.165, 1.54) is 11.8 Å². The van der Waals surface area contributed by atoms with Crippen molar-refractivity contribution in [3.8, 4) is 23.0 Å². The largest absolute Gasteiger partial charge is 0.454 e. The molecule has 1 atom stereocenters. The van der Waals surface area contributed by atoms with Crippen molar-refractivity contribution in [2.24, 2.45) is 5.92 Å². The molecule has 32 heavy (non-hydrogen) atoms. The van der Waals surface area contributed by atoms with Gasteiger partial charge in [-0.05, 0) is 43.0 Å². The van der Waals surface area contributed by atoms with Crippen molar-refractivity contribution in [2.75, 3.05) is 6.79 Å². The second-order valence-corrected chi connectivity index (χ2v) is 9.91. The first-order valence-electron chi connectivity index (χ1n) is 10.4. The predicted octanol–water partition coefficient (Wildman–Crippen LogP) is 4.95. The van der Waals surface area contributed by atoms with Gasteiger partial charge in [0.25, 0.3) is 10.8 Å². The number of aromatic amines is 1. The molecule has 0 aliphatic carbocycles. The van der Waals surface area contributed by atoms with Gasteiger partial charge in [0.15, 0.2) is 11.5 Å². The zero-order chi connectivity index (χ0) is 22.2. The lowest BCUT2D eigenvalue weighted by molar-refractivity contribution is 0.174. The Morgan fingerprint density at radius 2 is 2.09 bits per heavy atom. The molecule has 3 aromatic heterocycles. The van der Waals surface area contributed by atoms with E-state index < -0.39 is 0 Å². The maximum absolute atomic E-state index is 12.8. The van der Waals surface area contributed by atoms with Crippen LogP contribution in [0, 0.1) is 12.8 Å². The molecule has 0 radical (unpaired) electrons. The molecule has 0 bridgehead atoms. The maximum atomic E-state index is 12.8. The van der Waals surface area contributed by atoms with Crippen LogP contribution in [-0.2, 0) is 12.2 Å². The molecule has 5 rings (SSSR count). The van der Waals surface area contributed by atoms with E-state index >= 15 is 0 Å². The van der Waals surface area contributed by atoms with Crippen molar-refractivity contribution < 1.29 is 13.9 Å². The number of benzene rings is 1. The number of nitrogens with zero attached hydrogens (tertiary/aromatic N) is 3. The fraction of sp³-hybridized carbons (Fsp3) is 0.364. The summed E-state index contributed by atoms with van der Waals surface area (Å²) in [7, 11) is 0. The topological polar surface area (TPSA) is 103 Å². The molecule has 8 nitrogen and oxygen atoms in total. The number of rotatable bonds is 7. The van der Waals surface area contributed by atoms with Gasteiger partial charge in [0.2, 0.25) is 12.7 Å². The third kappa shape index (κ3) is 4.00. The minimum atomic E-state index is -0.0835. The van der Waals surface area contributed by atoms with Crippen molar-refractivity contribution in [2.45, 2.75) is 44.6 Å². The second kappa shape index (κ2) is 8.59. The number of nitrogens with one attached hydrogen (secondary N) is 1. The fourth-order valence-corrected chi connectivity index (χ4v) is 5.28. The highest BCUT2D eigenvalue weighted by atomic mass is 32.2. The Morgan fingerprint density at radius 1 is 1.25 bits per heavy atom. The fourth-order valence-electron chi connectivity index (χ4n) is 3.57. The highest BCUT2D eigenvalue weighted by molar-refractivity contribution is 7.98. The lowest BCUT2D eigenvalue weighted by atomic mass is 9.98. The number of hydrogen-bond acceptors (Lipinski definition) is 9. The predicted molar refractivity (Wildman–Crippen MR) is 124 cm³/mol. The van der Waals surface area contributed by atoms with Crippen LogP contribution in [0.5, 0.6) is 11.5 Å².